The number of nitrogens with one attached hydrogen (secondary N) is 1. The van der Waals surface area contributed by atoms with Gasteiger partial charge in [0, 0.05) is 18.5 Å². The SMILES string of the molecule is NC(=O)/C=C/c1ncc[nH]1. The maximum absolute atomic E-state index is 10.2. The van der Waals surface area contributed by atoms with Crippen LogP contribution in [0.15, 0.2) is 18.5 Å². The number of rotatable bonds is 2. The van der Waals surface area contributed by atoms with Crippen molar-refractivity contribution in [3.63, 3.8) is 0 Å². The van der Waals surface area contributed by atoms with Gasteiger partial charge < -0.3 is 10.7 Å². The Balaban J connectivity index is 2.64. The number of amides is 1. The second kappa shape index (κ2) is 2.82. The normalized spacial score (nSPS) is 10.4. The van der Waals surface area contributed by atoms with Crippen molar-refractivity contribution in [1.82, 2.24) is 9.97 Å². The second-order valence-electron chi connectivity index (χ2n) is 1.71. The molecule has 0 saturated carbocycles. The zero-order chi connectivity index (χ0) is 7.40. The zero-order valence-corrected chi connectivity index (χ0v) is 5.24. The lowest BCUT2D eigenvalue weighted by molar-refractivity contribution is -0.113. The van der Waals surface area contributed by atoms with E-state index in [0.717, 1.165) is 0 Å². The zero-order valence-electron chi connectivity index (χ0n) is 5.24. The van der Waals surface area contributed by atoms with Gasteiger partial charge in [0.25, 0.3) is 0 Å². The van der Waals surface area contributed by atoms with Crippen LogP contribution in [-0.2, 0) is 4.79 Å². The van der Waals surface area contributed by atoms with Crippen LogP contribution in [0.2, 0.25) is 0 Å². The minimum absolute atomic E-state index is 0.476. The molecule has 0 atom stereocenters. The molecule has 0 fully saturated rings. The molecule has 1 amide bonds. The van der Waals surface area contributed by atoms with E-state index in [1.165, 1.54) is 12.2 Å². The Hall–Kier alpha value is -1.58. The lowest BCUT2D eigenvalue weighted by Crippen LogP contribution is -2.05. The number of hydrogen-bond acceptors (Lipinski definition) is 2. The number of hydrogen-bond donors (Lipinski definition) is 2. The molecular formula is C6H7N3O. The van der Waals surface area contributed by atoms with Gasteiger partial charge in [-0.3, -0.25) is 4.79 Å². The van der Waals surface area contributed by atoms with Crippen molar-refractivity contribution in [3.8, 4) is 0 Å². The molecule has 4 nitrogen and oxygen atoms in total. The second-order valence-corrected chi connectivity index (χ2v) is 1.71. The Labute approximate surface area is 57.8 Å². The first-order valence-electron chi connectivity index (χ1n) is 2.76. The van der Waals surface area contributed by atoms with Crippen LogP contribution in [0, 0.1) is 0 Å². The largest absolute Gasteiger partial charge is 0.366 e. The first-order chi connectivity index (χ1) is 4.79. The molecule has 0 unspecified atom stereocenters. The summed E-state index contributed by atoms with van der Waals surface area (Å²) in [4.78, 5) is 16.8. The number of carbonyl (C=O) groups is 1. The summed E-state index contributed by atoms with van der Waals surface area (Å²) < 4.78 is 0. The monoisotopic (exact) mass is 137 g/mol. The lowest BCUT2D eigenvalue weighted by atomic mass is 10.5. The average Bonchev–Trinajstić information content (AvgIpc) is 2.34. The number of carbonyl (C=O) groups excluding carboxylic acids is 1. The lowest BCUT2D eigenvalue weighted by Gasteiger charge is -1.79. The van der Waals surface area contributed by atoms with Crippen molar-refractivity contribution < 1.29 is 4.79 Å². The van der Waals surface area contributed by atoms with Crippen LogP contribution in [0.1, 0.15) is 5.82 Å². The third-order valence-electron chi connectivity index (χ3n) is 0.925. The van der Waals surface area contributed by atoms with Crippen molar-refractivity contribution in [1.29, 1.82) is 0 Å². The third kappa shape index (κ3) is 1.74. The summed E-state index contributed by atoms with van der Waals surface area (Å²) in [5, 5.41) is 0. The van der Waals surface area contributed by atoms with Gasteiger partial charge >= 0.3 is 0 Å². The van der Waals surface area contributed by atoms with Crippen LogP contribution >= 0.6 is 0 Å². The van der Waals surface area contributed by atoms with Gasteiger partial charge in [-0.25, -0.2) is 4.98 Å². The third-order valence-corrected chi connectivity index (χ3v) is 0.925. The van der Waals surface area contributed by atoms with Crippen LogP contribution in [0.25, 0.3) is 6.08 Å². The summed E-state index contributed by atoms with van der Waals surface area (Å²) in [6.45, 7) is 0. The molecule has 0 aliphatic heterocycles. The first kappa shape index (κ1) is 6.54. The summed E-state index contributed by atoms with van der Waals surface area (Å²) in [7, 11) is 0. The van der Waals surface area contributed by atoms with E-state index in [1.54, 1.807) is 12.4 Å². The van der Waals surface area contributed by atoms with Crippen LogP contribution in [0.4, 0.5) is 0 Å². The molecule has 0 spiro atoms. The topological polar surface area (TPSA) is 71.8 Å². The first-order valence-corrected chi connectivity index (χ1v) is 2.76. The summed E-state index contributed by atoms with van der Waals surface area (Å²) in [6.07, 6.45) is 6.03. The van der Waals surface area contributed by atoms with Crippen LogP contribution in [0.3, 0.4) is 0 Å². The van der Waals surface area contributed by atoms with E-state index in [1.807, 2.05) is 0 Å². The van der Waals surface area contributed by atoms with Crippen molar-refractivity contribution in [2.24, 2.45) is 5.73 Å². The minimum atomic E-state index is -0.476. The molecule has 1 rings (SSSR count). The van der Waals surface area contributed by atoms with Gasteiger partial charge in [-0.2, -0.15) is 0 Å². The van der Waals surface area contributed by atoms with Gasteiger partial charge in [0.1, 0.15) is 5.82 Å². The van der Waals surface area contributed by atoms with E-state index in [0.29, 0.717) is 5.82 Å². The fraction of sp³-hybridized carbons (Fsp3) is 0. The van der Waals surface area contributed by atoms with Crippen molar-refractivity contribution in [2.75, 3.05) is 0 Å². The van der Waals surface area contributed by atoms with Crippen LogP contribution in [-0.4, -0.2) is 15.9 Å². The predicted octanol–water partition coefficient (Wildman–Crippen LogP) is -0.0918. The fourth-order valence-corrected chi connectivity index (χ4v) is 0.530. The highest BCUT2D eigenvalue weighted by Crippen LogP contribution is 1.89. The Kier molecular flexibility index (Phi) is 1.84. The molecule has 10 heavy (non-hydrogen) atoms. The molecule has 4 heteroatoms. The van der Waals surface area contributed by atoms with E-state index in [-0.39, 0.29) is 0 Å². The molecule has 3 N–H and O–H groups in total. The van der Waals surface area contributed by atoms with Crippen molar-refractivity contribution in [3.05, 3.63) is 24.3 Å². The molecule has 52 valence electrons. The Morgan fingerprint density at radius 1 is 1.80 bits per heavy atom. The van der Waals surface area contributed by atoms with E-state index < -0.39 is 5.91 Å². The molecule has 1 aromatic rings. The number of imidazole rings is 1. The molecule has 0 radical (unpaired) electrons. The van der Waals surface area contributed by atoms with Gasteiger partial charge in [0.15, 0.2) is 0 Å². The predicted molar refractivity (Wildman–Crippen MR) is 36.8 cm³/mol. The van der Waals surface area contributed by atoms with E-state index in [9.17, 15) is 4.79 Å². The van der Waals surface area contributed by atoms with Crippen LogP contribution in [0.5, 0.6) is 0 Å². The Morgan fingerprint density at radius 2 is 2.60 bits per heavy atom. The summed E-state index contributed by atoms with van der Waals surface area (Å²) in [5.41, 5.74) is 4.84. The quantitative estimate of drug-likeness (QED) is 0.559. The summed E-state index contributed by atoms with van der Waals surface area (Å²) in [5.74, 6) is 0.148. The summed E-state index contributed by atoms with van der Waals surface area (Å²) in [6, 6.07) is 0. The number of nitrogens with two attached hydrogens (primary N) is 1. The average molecular weight is 137 g/mol. The smallest absolute Gasteiger partial charge is 0.241 e. The van der Waals surface area contributed by atoms with Gasteiger partial charge in [-0.1, -0.05) is 0 Å². The number of aromatic nitrogens is 2. The van der Waals surface area contributed by atoms with Gasteiger partial charge in [0.05, 0.1) is 0 Å². The maximum Gasteiger partial charge on any atom is 0.241 e. The Bertz CT molecular complexity index is 238. The molecule has 0 aliphatic carbocycles. The van der Waals surface area contributed by atoms with Gasteiger partial charge in [-0.15, -0.1) is 0 Å². The standard InChI is InChI=1S/C6H7N3O/c7-5(10)1-2-6-8-3-4-9-6/h1-4H,(H2,7,10)(H,8,9)/b2-1+. The number of H-pyrrole nitrogens is 1. The number of primary amides is 1. The Morgan fingerprint density at radius 3 is 3.10 bits per heavy atom. The minimum Gasteiger partial charge on any atom is -0.366 e. The summed E-state index contributed by atoms with van der Waals surface area (Å²) >= 11 is 0. The molecular weight excluding hydrogens is 130 g/mol. The molecule has 0 saturated heterocycles. The van der Waals surface area contributed by atoms with Crippen molar-refractivity contribution in [2.45, 2.75) is 0 Å². The van der Waals surface area contributed by atoms with E-state index in [4.69, 9.17) is 5.73 Å². The molecule has 1 heterocycles. The molecule has 0 aromatic carbocycles. The number of aromatic amines is 1. The molecule has 1 aromatic heterocycles. The highest BCUT2D eigenvalue weighted by molar-refractivity contribution is 5.89. The highest BCUT2D eigenvalue weighted by Gasteiger charge is 1.86. The van der Waals surface area contributed by atoms with Gasteiger partial charge in [-0.05, 0) is 6.08 Å². The van der Waals surface area contributed by atoms with Crippen LogP contribution < -0.4 is 5.73 Å². The number of nitrogens with zero attached hydrogens (tertiary/aromatic N) is 1. The fourth-order valence-electron chi connectivity index (χ4n) is 0.530. The maximum atomic E-state index is 10.2. The van der Waals surface area contributed by atoms with Gasteiger partial charge in [0.2, 0.25) is 5.91 Å². The van der Waals surface area contributed by atoms with E-state index >= 15 is 0 Å². The van der Waals surface area contributed by atoms with Crippen molar-refractivity contribution >= 4 is 12.0 Å². The highest BCUT2D eigenvalue weighted by atomic mass is 16.1. The molecule has 0 aliphatic rings. The molecule has 0 bridgehead atoms. The van der Waals surface area contributed by atoms with E-state index in [2.05, 4.69) is 9.97 Å².